The lowest BCUT2D eigenvalue weighted by atomic mass is 9.78. The summed E-state index contributed by atoms with van der Waals surface area (Å²) in [7, 11) is 0. The van der Waals surface area contributed by atoms with Gasteiger partial charge in [-0.15, -0.1) is 0 Å². The van der Waals surface area contributed by atoms with Crippen molar-refractivity contribution in [2.24, 2.45) is 5.92 Å². The van der Waals surface area contributed by atoms with Crippen LogP contribution in [-0.2, 0) is 9.53 Å². The van der Waals surface area contributed by atoms with Crippen molar-refractivity contribution in [1.82, 2.24) is 4.90 Å². The molecule has 0 radical (unpaired) electrons. The number of esters is 1. The standard InChI is InChI=1S/C15H27NO3/c1-2-19-15(18)10-13(17)11-16-9-5-7-12-6-3-4-8-14(12)16/h12-14,17H,2-11H2,1H3/t12-,13?,14-/m1/s1. The third-order valence-electron chi connectivity index (χ3n) is 4.51. The topological polar surface area (TPSA) is 49.8 Å². The molecule has 0 aromatic rings. The molecule has 19 heavy (non-hydrogen) atoms. The van der Waals surface area contributed by atoms with Gasteiger partial charge in [-0.2, -0.15) is 0 Å². The number of carbonyl (C=O) groups excluding carboxylic acids is 1. The van der Waals surface area contributed by atoms with E-state index in [1.54, 1.807) is 6.92 Å². The second kappa shape index (κ2) is 7.25. The molecule has 110 valence electrons. The first kappa shape index (κ1) is 14.8. The van der Waals surface area contributed by atoms with Gasteiger partial charge in [-0.25, -0.2) is 0 Å². The van der Waals surface area contributed by atoms with E-state index in [2.05, 4.69) is 4.90 Å². The Morgan fingerprint density at radius 1 is 1.32 bits per heavy atom. The highest BCUT2D eigenvalue weighted by molar-refractivity contribution is 5.69. The molecule has 1 aliphatic carbocycles. The lowest BCUT2D eigenvalue weighted by Crippen LogP contribution is -2.49. The largest absolute Gasteiger partial charge is 0.466 e. The Morgan fingerprint density at radius 2 is 2.05 bits per heavy atom. The van der Waals surface area contributed by atoms with Crippen LogP contribution in [0.1, 0.15) is 51.9 Å². The Labute approximate surface area is 116 Å². The number of carbonyl (C=O) groups is 1. The van der Waals surface area contributed by atoms with Gasteiger partial charge in [0, 0.05) is 12.6 Å². The highest BCUT2D eigenvalue weighted by Crippen LogP contribution is 2.35. The average molecular weight is 269 g/mol. The van der Waals surface area contributed by atoms with Gasteiger partial charge in [-0.3, -0.25) is 9.69 Å². The number of piperidine rings is 1. The molecule has 4 heteroatoms. The number of hydrogen-bond donors (Lipinski definition) is 1. The van der Waals surface area contributed by atoms with Crippen molar-refractivity contribution in [3.05, 3.63) is 0 Å². The molecule has 0 bridgehead atoms. The summed E-state index contributed by atoms with van der Waals surface area (Å²) in [6.45, 7) is 3.88. The Bertz CT molecular complexity index is 293. The van der Waals surface area contributed by atoms with E-state index in [0.29, 0.717) is 19.2 Å². The fourth-order valence-electron chi connectivity index (χ4n) is 3.70. The van der Waals surface area contributed by atoms with E-state index in [1.807, 2.05) is 0 Å². The van der Waals surface area contributed by atoms with Crippen LogP contribution in [-0.4, -0.2) is 47.8 Å². The SMILES string of the molecule is CCOC(=O)CC(O)CN1CCC[C@H]2CCCC[C@H]21. The fraction of sp³-hybridized carbons (Fsp3) is 0.933. The molecule has 0 aromatic carbocycles. The summed E-state index contributed by atoms with van der Waals surface area (Å²) in [5.74, 6) is 0.532. The van der Waals surface area contributed by atoms with Crippen molar-refractivity contribution in [3.63, 3.8) is 0 Å². The molecule has 1 saturated heterocycles. The molecule has 1 N–H and O–H groups in total. The van der Waals surface area contributed by atoms with Crippen molar-refractivity contribution in [3.8, 4) is 0 Å². The minimum Gasteiger partial charge on any atom is -0.466 e. The number of nitrogens with zero attached hydrogens (tertiary/aromatic N) is 1. The highest BCUT2D eigenvalue weighted by Gasteiger charge is 2.34. The number of rotatable bonds is 5. The molecule has 1 heterocycles. The van der Waals surface area contributed by atoms with Crippen molar-refractivity contribution in [2.75, 3.05) is 19.7 Å². The van der Waals surface area contributed by atoms with Gasteiger partial charge in [-0.1, -0.05) is 12.8 Å². The molecule has 4 nitrogen and oxygen atoms in total. The minimum absolute atomic E-state index is 0.127. The number of aliphatic hydroxyl groups excluding tert-OH is 1. The third-order valence-corrected chi connectivity index (χ3v) is 4.51. The normalized spacial score (nSPS) is 29.6. The van der Waals surface area contributed by atoms with Crippen LogP contribution < -0.4 is 0 Å². The van der Waals surface area contributed by atoms with Crippen LogP contribution in [0.25, 0.3) is 0 Å². The number of likely N-dealkylation sites (tertiary alicyclic amines) is 1. The fourth-order valence-corrected chi connectivity index (χ4v) is 3.70. The Hall–Kier alpha value is -0.610. The van der Waals surface area contributed by atoms with Crippen LogP contribution in [0.2, 0.25) is 0 Å². The van der Waals surface area contributed by atoms with Crippen LogP contribution >= 0.6 is 0 Å². The van der Waals surface area contributed by atoms with Crippen molar-refractivity contribution >= 4 is 5.97 Å². The first-order chi connectivity index (χ1) is 9.20. The zero-order valence-electron chi connectivity index (χ0n) is 12.0. The van der Waals surface area contributed by atoms with E-state index in [9.17, 15) is 9.90 Å². The third kappa shape index (κ3) is 4.18. The predicted octanol–water partition coefficient (Wildman–Crippen LogP) is 1.96. The van der Waals surface area contributed by atoms with Gasteiger partial charge in [0.05, 0.1) is 19.1 Å². The number of hydrogen-bond acceptors (Lipinski definition) is 4. The quantitative estimate of drug-likeness (QED) is 0.775. The monoisotopic (exact) mass is 269 g/mol. The van der Waals surface area contributed by atoms with Gasteiger partial charge >= 0.3 is 5.97 Å². The molecule has 2 rings (SSSR count). The second-order valence-electron chi connectivity index (χ2n) is 5.91. The van der Waals surface area contributed by atoms with Crippen LogP contribution in [0, 0.1) is 5.92 Å². The molecular formula is C15H27NO3. The van der Waals surface area contributed by atoms with Crippen LogP contribution in [0.15, 0.2) is 0 Å². The lowest BCUT2D eigenvalue weighted by molar-refractivity contribution is -0.145. The zero-order chi connectivity index (χ0) is 13.7. The molecule has 3 atom stereocenters. The molecule has 1 aliphatic heterocycles. The lowest BCUT2D eigenvalue weighted by Gasteiger charge is -2.44. The molecule has 0 aromatic heterocycles. The van der Waals surface area contributed by atoms with Gasteiger partial charge in [0.2, 0.25) is 0 Å². The van der Waals surface area contributed by atoms with Gasteiger partial charge in [0.1, 0.15) is 0 Å². The number of β-amino-alcohol motifs (C(OH)–C–C–N with tert-alkyl or cyclic N) is 1. The Balaban J connectivity index is 1.81. The molecule has 0 amide bonds. The van der Waals surface area contributed by atoms with E-state index in [-0.39, 0.29) is 12.4 Å². The molecule has 1 unspecified atom stereocenters. The van der Waals surface area contributed by atoms with Crippen LogP contribution in [0.5, 0.6) is 0 Å². The summed E-state index contributed by atoms with van der Waals surface area (Å²) in [5, 5.41) is 10.0. The second-order valence-corrected chi connectivity index (χ2v) is 5.91. The predicted molar refractivity (Wildman–Crippen MR) is 73.8 cm³/mol. The molecular weight excluding hydrogens is 242 g/mol. The van der Waals surface area contributed by atoms with Crippen molar-refractivity contribution in [1.29, 1.82) is 0 Å². The summed E-state index contributed by atoms with van der Waals surface area (Å²) in [4.78, 5) is 13.8. The van der Waals surface area contributed by atoms with E-state index in [4.69, 9.17) is 4.74 Å². The van der Waals surface area contributed by atoms with E-state index >= 15 is 0 Å². The van der Waals surface area contributed by atoms with Gasteiger partial charge in [0.15, 0.2) is 0 Å². The highest BCUT2D eigenvalue weighted by atomic mass is 16.5. The summed E-state index contributed by atoms with van der Waals surface area (Å²) in [5.41, 5.74) is 0. The first-order valence-electron chi connectivity index (χ1n) is 7.78. The van der Waals surface area contributed by atoms with Crippen LogP contribution in [0.4, 0.5) is 0 Å². The smallest absolute Gasteiger partial charge is 0.308 e. The first-order valence-corrected chi connectivity index (χ1v) is 7.78. The van der Waals surface area contributed by atoms with Gasteiger partial charge < -0.3 is 9.84 Å². The Kier molecular flexibility index (Phi) is 5.64. The van der Waals surface area contributed by atoms with E-state index in [0.717, 1.165) is 12.5 Å². The number of fused-ring (bicyclic) bond motifs is 1. The molecule has 0 spiro atoms. The number of aliphatic hydroxyl groups is 1. The molecule has 2 fully saturated rings. The van der Waals surface area contributed by atoms with E-state index < -0.39 is 6.10 Å². The Morgan fingerprint density at radius 3 is 2.84 bits per heavy atom. The van der Waals surface area contributed by atoms with Gasteiger partial charge in [-0.05, 0) is 45.1 Å². The van der Waals surface area contributed by atoms with Crippen molar-refractivity contribution in [2.45, 2.75) is 64.0 Å². The van der Waals surface area contributed by atoms with E-state index in [1.165, 1.54) is 38.5 Å². The summed E-state index contributed by atoms with van der Waals surface area (Å²) >= 11 is 0. The zero-order valence-corrected chi connectivity index (χ0v) is 12.0. The van der Waals surface area contributed by atoms with Crippen LogP contribution in [0.3, 0.4) is 0 Å². The molecule has 2 aliphatic rings. The molecule has 1 saturated carbocycles. The summed E-state index contributed by atoms with van der Waals surface area (Å²) in [6.07, 6.45) is 7.39. The summed E-state index contributed by atoms with van der Waals surface area (Å²) < 4.78 is 4.89. The maximum atomic E-state index is 11.4. The summed E-state index contributed by atoms with van der Waals surface area (Å²) in [6, 6.07) is 0.638. The van der Waals surface area contributed by atoms with Gasteiger partial charge in [0.25, 0.3) is 0 Å². The maximum absolute atomic E-state index is 11.4. The minimum atomic E-state index is -0.584. The average Bonchev–Trinajstić information content (AvgIpc) is 2.39. The maximum Gasteiger partial charge on any atom is 0.308 e. The van der Waals surface area contributed by atoms with Crippen molar-refractivity contribution < 1.29 is 14.6 Å². The number of ether oxygens (including phenoxy) is 1.